The highest BCUT2D eigenvalue weighted by Gasteiger charge is 2.35. The van der Waals surface area contributed by atoms with Gasteiger partial charge in [-0.05, 0) is 94.3 Å². The molecule has 0 spiro atoms. The molecule has 2 unspecified atom stereocenters. The highest BCUT2D eigenvalue weighted by Crippen LogP contribution is 2.24. The Labute approximate surface area is 256 Å². The number of rotatable bonds is 6. The number of esters is 1. The fourth-order valence-electron chi connectivity index (χ4n) is 4.75. The van der Waals surface area contributed by atoms with E-state index in [9.17, 15) is 29.4 Å². The van der Waals surface area contributed by atoms with E-state index in [0.29, 0.717) is 30.6 Å². The van der Waals surface area contributed by atoms with Crippen molar-refractivity contribution in [1.29, 1.82) is 0 Å². The van der Waals surface area contributed by atoms with Gasteiger partial charge in [-0.1, -0.05) is 12.1 Å². The van der Waals surface area contributed by atoms with Gasteiger partial charge in [-0.3, -0.25) is 9.59 Å². The van der Waals surface area contributed by atoms with Gasteiger partial charge < -0.3 is 34.8 Å². The third kappa shape index (κ3) is 8.06. The lowest BCUT2D eigenvalue weighted by atomic mass is 10.1. The van der Waals surface area contributed by atoms with E-state index in [1.54, 1.807) is 52.1 Å². The van der Waals surface area contributed by atoms with Crippen LogP contribution in [-0.4, -0.2) is 76.9 Å². The Morgan fingerprint density at radius 2 is 1.55 bits per heavy atom. The summed E-state index contributed by atoms with van der Waals surface area (Å²) in [5.41, 5.74) is 0.448. The van der Waals surface area contributed by atoms with Crippen LogP contribution in [0.15, 0.2) is 72.8 Å². The molecule has 44 heavy (non-hydrogen) atoms. The number of amides is 3. The number of ether oxygens (including phenoxy) is 2. The van der Waals surface area contributed by atoms with Crippen molar-refractivity contribution in [2.75, 3.05) is 25.0 Å². The molecule has 4 rings (SSSR count). The average Bonchev–Trinajstić information content (AvgIpc) is 3.18. The molecule has 3 aromatic carbocycles. The van der Waals surface area contributed by atoms with Crippen molar-refractivity contribution in [3.05, 3.63) is 89.5 Å². The summed E-state index contributed by atoms with van der Waals surface area (Å²) >= 11 is 0. The third-order valence-electron chi connectivity index (χ3n) is 7.07. The number of phenolic OH excluding ortho intramolecular Hbond substituents is 2. The maximum absolute atomic E-state index is 13.3. The fourth-order valence-corrected chi connectivity index (χ4v) is 4.75. The predicted octanol–water partition coefficient (Wildman–Crippen LogP) is 4.73. The molecule has 0 aliphatic carbocycles. The number of phenols is 2. The molecule has 3 amide bonds. The summed E-state index contributed by atoms with van der Waals surface area (Å²) in [5, 5.41) is 22.5. The molecule has 11 nitrogen and oxygen atoms in total. The second kappa shape index (κ2) is 13.5. The molecule has 0 bridgehead atoms. The molecule has 1 fully saturated rings. The zero-order chi connectivity index (χ0) is 32.0. The first kappa shape index (κ1) is 31.9. The molecule has 3 aromatic rings. The second-order valence-corrected chi connectivity index (χ2v) is 11.6. The van der Waals surface area contributed by atoms with E-state index in [1.807, 2.05) is 0 Å². The average molecular weight is 604 g/mol. The van der Waals surface area contributed by atoms with Crippen LogP contribution in [0, 0.1) is 0 Å². The summed E-state index contributed by atoms with van der Waals surface area (Å²) < 4.78 is 11.5. The summed E-state index contributed by atoms with van der Waals surface area (Å²) in [7, 11) is 1.56. The zero-order valence-electron chi connectivity index (χ0n) is 25.1. The van der Waals surface area contributed by atoms with Crippen LogP contribution in [0.1, 0.15) is 64.7 Å². The van der Waals surface area contributed by atoms with Crippen LogP contribution >= 0.6 is 0 Å². The quantitative estimate of drug-likeness (QED) is 0.343. The number of carbonyl (C=O) groups is 4. The van der Waals surface area contributed by atoms with Gasteiger partial charge >= 0.3 is 12.1 Å². The van der Waals surface area contributed by atoms with E-state index < -0.39 is 41.6 Å². The summed E-state index contributed by atoms with van der Waals surface area (Å²) in [4.78, 5) is 55.0. The lowest BCUT2D eigenvalue weighted by molar-refractivity contribution is 0.0127. The molecule has 1 aliphatic heterocycles. The van der Waals surface area contributed by atoms with Crippen LogP contribution in [-0.2, 0) is 9.47 Å². The first-order valence-corrected chi connectivity index (χ1v) is 14.3. The largest absolute Gasteiger partial charge is 0.508 e. The summed E-state index contributed by atoms with van der Waals surface area (Å²) in [6, 6.07) is 17.4. The Kier molecular flexibility index (Phi) is 9.77. The number of likely N-dealkylation sites (tertiary alicyclic amines) is 1. The van der Waals surface area contributed by atoms with Crippen molar-refractivity contribution in [2.24, 2.45) is 0 Å². The number of nitrogens with zero attached hydrogens (tertiary/aromatic N) is 2. The number of aromatic hydroxyl groups is 2. The van der Waals surface area contributed by atoms with E-state index in [2.05, 4.69) is 5.32 Å². The first-order chi connectivity index (χ1) is 20.8. The van der Waals surface area contributed by atoms with Crippen molar-refractivity contribution >= 4 is 29.6 Å². The smallest absolute Gasteiger partial charge is 0.410 e. The molecule has 232 valence electrons. The minimum absolute atomic E-state index is 0.0127. The molecular formula is C33H37N3O8. The van der Waals surface area contributed by atoms with Gasteiger partial charge in [0.15, 0.2) is 0 Å². The molecule has 1 saturated heterocycles. The summed E-state index contributed by atoms with van der Waals surface area (Å²) in [6.07, 6.45) is -0.421. The van der Waals surface area contributed by atoms with Crippen LogP contribution in [0.2, 0.25) is 0 Å². The zero-order valence-corrected chi connectivity index (χ0v) is 25.1. The lowest BCUT2D eigenvalue weighted by Crippen LogP contribution is -2.51. The number of nitrogens with one attached hydrogen (secondary N) is 1. The highest BCUT2D eigenvalue weighted by atomic mass is 16.6. The van der Waals surface area contributed by atoms with Gasteiger partial charge in [0.05, 0.1) is 17.2 Å². The Morgan fingerprint density at radius 3 is 2.18 bits per heavy atom. The third-order valence-corrected chi connectivity index (χ3v) is 7.07. The van der Waals surface area contributed by atoms with Crippen molar-refractivity contribution in [3.8, 4) is 11.5 Å². The van der Waals surface area contributed by atoms with Crippen LogP contribution in [0.3, 0.4) is 0 Å². The van der Waals surface area contributed by atoms with Crippen LogP contribution in [0.4, 0.5) is 10.5 Å². The van der Waals surface area contributed by atoms with Crippen LogP contribution < -0.4 is 10.2 Å². The van der Waals surface area contributed by atoms with Gasteiger partial charge in [-0.25, -0.2) is 9.59 Å². The minimum Gasteiger partial charge on any atom is -0.508 e. The predicted molar refractivity (Wildman–Crippen MR) is 163 cm³/mol. The SMILES string of the molecule is CN(C(=O)c1ccccc1O)c1ccc(C(=O)OC2CCCN(C(=O)OC(C)(C)C)CC2NC(=O)c2ccc(O)cc2)cc1. The lowest BCUT2D eigenvalue weighted by Gasteiger charge is -2.30. The topological polar surface area (TPSA) is 146 Å². The molecule has 2 atom stereocenters. The minimum atomic E-state index is -0.763. The molecule has 0 saturated carbocycles. The molecular weight excluding hydrogens is 566 g/mol. The standard InChI is InChI=1S/C33H37N3O8/c1-33(2,3)44-32(42)36-19-7-10-28(26(20-36)34-29(39)21-13-17-24(37)18-14-21)43-31(41)22-11-15-23(16-12-22)35(4)30(40)25-8-5-6-9-27(25)38/h5-6,8-9,11-18,26,28,37-38H,7,10,19-20H2,1-4H3,(H,34,39). The fraction of sp³-hybridized carbons (Fsp3) is 0.333. The maximum Gasteiger partial charge on any atom is 0.410 e. The van der Waals surface area contributed by atoms with Gasteiger partial charge in [0.25, 0.3) is 11.8 Å². The number of anilines is 1. The van der Waals surface area contributed by atoms with Gasteiger partial charge in [0, 0.05) is 31.4 Å². The van der Waals surface area contributed by atoms with Crippen molar-refractivity contribution < 1.29 is 38.9 Å². The van der Waals surface area contributed by atoms with Crippen molar-refractivity contribution in [2.45, 2.75) is 51.4 Å². The van der Waals surface area contributed by atoms with Gasteiger partial charge in [-0.2, -0.15) is 0 Å². The number of hydrogen-bond donors (Lipinski definition) is 3. The van der Waals surface area contributed by atoms with E-state index in [1.165, 1.54) is 58.3 Å². The molecule has 0 aromatic heterocycles. The second-order valence-electron chi connectivity index (χ2n) is 11.6. The number of carbonyl (C=O) groups excluding carboxylic acids is 4. The Hall–Kier alpha value is -5.06. The molecule has 0 radical (unpaired) electrons. The number of para-hydroxylation sites is 1. The molecule has 3 N–H and O–H groups in total. The number of benzene rings is 3. The van der Waals surface area contributed by atoms with E-state index >= 15 is 0 Å². The van der Waals surface area contributed by atoms with Crippen LogP contribution in [0.25, 0.3) is 0 Å². The molecule has 1 heterocycles. The Bertz CT molecular complexity index is 1500. The van der Waals surface area contributed by atoms with E-state index in [0.717, 1.165) is 0 Å². The maximum atomic E-state index is 13.3. The Balaban J connectivity index is 1.50. The monoisotopic (exact) mass is 603 g/mol. The molecule has 11 heteroatoms. The molecule has 1 aliphatic rings. The van der Waals surface area contributed by atoms with E-state index in [-0.39, 0.29) is 29.2 Å². The van der Waals surface area contributed by atoms with Gasteiger partial charge in [0.1, 0.15) is 23.2 Å². The van der Waals surface area contributed by atoms with E-state index in [4.69, 9.17) is 9.47 Å². The first-order valence-electron chi connectivity index (χ1n) is 14.3. The Morgan fingerprint density at radius 1 is 0.909 bits per heavy atom. The van der Waals surface area contributed by atoms with Crippen molar-refractivity contribution in [1.82, 2.24) is 10.2 Å². The van der Waals surface area contributed by atoms with Crippen molar-refractivity contribution in [3.63, 3.8) is 0 Å². The summed E-state index contributed by atoms with van der Waals surface area (Å²) in [6.45, 7) is 5.70. The number of hydrogen-bond acceptors (Lipinski definition) is 8. The van der Waals surface area contributed by atoms with Crippen LogP contribution in [0.5, 0.6) is 11.5 Å². The summed E-state index contributed by atoms with van der Waals surface area (Å²) in [5.74, 6) is -1.63. The normalized spacial score (nSPS) is 16.8. The van der Waals surface area contributed by atoms with Gasteiger partial charge in [-0.15, -0.1) is 0 Å². The highest BCUT2D eigenvalue weighted by molar-refractivity contribution is 6.07. The van der Waals surface area contributed by atoms with Gasteiger partial charge in [0.2, 0.25) is 0 Å².